The largest absolute Gasteiger partial charge is 0.463 e. The predicted molar refractivity (Wildman–Crippen MR) is 109 cm³/mol. The van der Waals surface area contributed by atoms with Gasteiger partial charge in [0.1, 0.15) is 0 Å². The van der Waals surface area contributed by atoms with E-state index in [1.54, 1.807) is 26.0 Å². The normalized spacial score (nSPS) is 16.2. The smallest absolute Gasteiger partial charge is 0.338 e. The summed E-state index contributed by atoms with van der Waals surface area (Å²) in [5.74, 6) is -0.409. The van der Waals surface area contributed by atoms with Crippen molar-refractivity contribution in [2.75, 3.05) is 6.61 Å². The second kappa shape index (κ2) is 8.18. The molecule has 0 radical (unpaired) electrons. The van der Waals surface area contributed by atoms with Gasteiger partial charge >= 0.3 is 5.97 Å². The first-order chi connectivity index (χ1) is 13.4. The third kappa shape index (κ3) is 4.01. The van der Waals surface area contributed by atoms with E-state index in [1.165, 1.54) is 12.1 Å². The molecule has 2 aromatic carbocycles. The highest BCUT2D eigenvalue weighted by molar-refractivity contribution is 7.80. The summed E-state index contributed by atoms with van der Waals surface area (Å²) >= 11 is 5.26. The molecule has 0 amide bonds. The molecule has 1 aliphatic rings. The molecule has 1 heterocycles. The molecule has 3 rings (SSSR count). The Labute approximate surface area is 167 Å². The Morgan fingerprint density at radius 1 is 1.21 bits per heavy atom. The van der Waals surface area contributed by atoms with E-state index in [0.717, 1.165) is 16.7 Å². The predicted octanol–water partition coefficient (Wildman–Crippen LogP) is 3.62. The highest BCUT2D eigenvalue weighted by atomic mass is 32.1. The molecule has 28 heavy (non-hydrogen) atoms. The lowest BCUT2D eigenvalue weighted by Crippen LogP contribution is -2.45. The molecule has 0 aromatic heterocycles. The Morgan fingerprint density at radius 2 is 1.93 bits per heavy atom. The number of carbonyl (C=O) groups excluding carboxylic acids is 1. The van der Waals surface area contributed by atoms with Gasteiger partial charge in [0.25, 0.3) is 5.69 Å². The molecule has 0 saturated heterocycles. The van der Waals surface area contributed by atoms with Gasteiger partial charge in [0.15, 0.2) is 5.11 Å². The van der Waals surface area contributed by atoms with Crippen LogP contribution in [-0.2, 0) is 9.53 Å². The van der Waals surface area contributed by atoms with Crippen molar-refractivity contribution >= 4 is 29.0 Å². The van der Waals surface area contributed by atoms with Crippen molar-refractivity contribution in [3.05, 3.63) is 75.5 Å². The lowest BCUT2D eigenvalue weighted by molar-refractivity contribution is -0.384. The van der Waals surface area contributed by atoms with Crippen LogP contribution < -0.4 is 10.6 Å². The van der Waals surface area contributed by atoms with Gasteiger partial charge in [-0.05, 0) is 61.0 Å². The lowest BCUT2D eigenvalue weighted by Gasteiger charge is -2.30. The molecule has 144 valence electrons. The molecule has 0 saturated carbocycles. The average Bonchev–Trinajstić information content (AvgIpc) is 2.67. The fourth-order valence-electron chi connectivity index (χ4n) is 3.10. The molecule has 2 aromatic rings. The first kappa shape index (κ1) is 19.5. The second-order valence-corrected chi connectivity index (χ2v) is 6.63. The molecule has 1 atom stereocenters. The van der Waals surface area contributed by atoms with Crippen LogP contribution in [0.25, 0.3) is 11.1 Å². The van der Waals surface area contributed by atoms with E-state index in [1.807, 2.05) is 24.3 Å². The Balaban J connectivity index is 1.99. The highest BCUT2D eigenvalue weighted by Gasteiger charge is 2.30. The summed E-state index contributed by atoms with van der Waals surface area (Å²) in [6.45, 7) is 3.81. The van der Waals surface area contributed by atoms with Crippen molar-refractivity contribution < 1.29 is 14.5 Å². The molecule has 0 bridgehead atoms. The fourth-order valence-corrected chi connectivity index (χ4v) is 3.37. The number of non-ortho nitro benzene ring substituents is 1. The van der Waals surface area contributed by atoms with Crippen LogP contribution in [-0.4, -0.2) is 22.6 Å². The molecule has 1 aliphatic heterocycles. The van der Waals surface area contributed by atoms with E-state index in [-0.39, 0.29) is 12.3 Å². The van der Waals surface area contributed by atoms with E-state index in [2.05, 4.69) is 10.6 Å². The molecule has 0 spiro atoms. The summed E-state index contributed by atoms with van der Waals surface area (Å²) in [7, 11) is 0. The number of carbonyl (C=O) groups is 1. The second-order valence-electron chi connectivity index (χ2n) is 6.22. The average molecular weight is 397 g/mol. The Hall–Kier alpha value is -3.26. The molecule has 7 nitrogen and oxygen atoms in total. The molecular weight excluding hydrogens is 378 g/mol. The van der Waals surface area contributed by atoms with Gasteiger partial charge in [-0.15, -0.1) is 0 Å². The summed E-state index contributed by atoms with van der Waals surface area (Å²) in [5, 5.41) is 17.4. The minimum absolute atomic E-state index is 0.0356. The Bertz CT molecular complexity index is 970. The number of nitro benzene ring substituents is 1. The van der Waals surface area contributed by atoms with Crippen LogP contribution in [0.15, 0.2) is 59.8 Å². The molecule has 8 heteroatoms. The summed E-state index contributed by atoms with van der Waals surface area (Å²) < 4.78 is 5.21. The van der Waals surface area contributed by atoms with Crippen molar-refractivity contribution in [2.45, 2.75) is 19.9 Å². The van der Waals surface area contributed by atoms with Gasteiger partial charge < -0.3 is 15.4 Å². The van der Waals surface area contributed by atoms with Crippen LogP contribution in [0.2, 0.25) is 0 Å². The van der Waals surface area contributed by atoms with E-state index >= 15 is 0 Å². The summed E-state index contributed by atoms with van der Waals surface area (Å²) in [6, 6.07) is 13.5. The van der Waals surface area contributed by atoms with Crippen LogP contribution in [0.1, 0.15) is 25.5 Å². The number of ether oxygens (including phenoxy) is 1. The zero-order chi connectivity index (χ0) is 20.3. The van der Waals surface area contributed by atoms with Gasteiger partial charge in [0.2, 0.25) is 0 Å². The van der Waals surface area contributed by atoms with Crippen LogP contribution in [0.4, 0.5) is 5.69 Å². The van der Waals surface area contributed by atoms with Gasteiger partial charge in [0, 0.05) is 17.8 Å². The minimum atomic E-state index is -0.453. The van der Waals surface area contributed by atoms with Crippen LogP contribution >= 0.6 is 12.2 Å². The fraction of sp³-hybridized carbons (Fsp3) is 0.200. The number of hydrogen-bond donors (Lipinski definition) is 2. The Morgan fingerprint density at radius 3 is 2.57 bits per heavy atom. The number of nitro groups is 1. The highest BCUT2D eigenvalue weighted by Crippen LogP contribution is 2.31. The lowest BCUT2D eigenvalue weighted by atomic mass is 9.93. The zero-order valence-corrected chi connectivity index (χ0v) is 16.2. The van der Waals surface area contributed by atoms with Crippen molar-refractivity contribution in [1.29, 1.82) is 0 Å². The van der Waals surface area contributed by atoms with Crippen molar-refractivity contribution in [1.82, 2.24) is 10.6 Å². The van der Waals surface area contributed by atoms with E-state index in [4.69, 9.17) is 17.0 Å². The summed E-state index contributed by atoms with van der Waals surface area (Å²) in [5.41, 5.74) is 3.70. The first-order valence-corrected chi connectivity index (χ1v) is 9.11. The van der Waals surface area contributed by atoms with Gasteiger partial charge in [-0.2, -0.15) is 0 Å². The first-order valence-electron chi connectivity index (χ1n) is 8.71. The number of nitrogens with one attached hydrogen (secondary N) is 2. The maximum atomic E-state index is 12.5. The number of nitrogens with zero attached hydrogens (tertiary/aromatic N) is 1. The molecule has 1 unspecified atom stereocenters. The maximum Gasteiger partial charge on any atom is 0.338 e. The number of benzene rings is 2. The molecule has 0 aliphatic carbocycles. The quantitative estimate of drug-likeness (QED) is 0.344. The maximum absolute atomic E-state index is 12.5. The standard InChI is InChI=1S/C20H19N3O4S/c1-3-27-19(24)17-12(2)21-20(28)22-18(17)15-6-4-5-14(11-15)13-7-9-16(10-8-13)23(25)26/h4-11,18H,3H2,1-2H3,(H2,21,22,28). The summed E-state index contributed by atoms with van der Waals surface area (Å²) in [6.07, 6.45) is 0. The van der Waals surface area contributed by atoms with Gasteiger partial charge in [-0.25, -0.2) is 4.79 Å². The van der Waals surface area contributed by atoms with E-state index in [9.17, 15) is 14.9 Å². The monoisotopic (exact) mass is 397 g/mol. The van der Waals surface area contributed by atoms with Crippen molar-refractivity contribution in [3.8, 4) is 11.1 Å². The third-order valence-corrected chi connectivity index (χ3v) is 4.62. The topological polar surface area (TPSA) is 93.5 Å². The number of allylic oxidation sites excluding steroid dienone is 1. The third-order valence-electron chi connectivity index (χ3n) is 4.40. The minimum Gasteiger partial charge on any atom is -0.463 e. The van der Waals surface area contributed by atoms with Crippen molar-refractivity contribution in [2.24, 2.45) is 0 Å². The number of thiocarbonyl (C=S) groups is 1. The SMILES string of the molecule is CCOC(=O)C1=C(C)NC(=S)NC1c1cccc(-c2ccc([N+](=O)[O-])cc2)c1. The molecule has 0 fully saturated rings. The number of esters is 1. The van der Waals surface area contributed by atoms with E-state index in [0.29, 0.717) is 16.4 Å². The van der Waals surface area contributed by atoms with E-state index < -0.39 is 16.9 Å². The van der Waals surface area contributed by atoms with Gasteiger partial charge in [-0.1, -0.05) is 18.2 Å². The van der Waals surface area contributed by atoms with Crippen LogP contribution in [0, 0.1) is 10.1 Å². The van der Waals surface area contributed by atoms with Crippen LogP contribution in [0.5, 0.6) is 0 Å². The molecular formula is C20H19N3O4S. The number of rotatable bonds is 5. The van der Waals surface area contributed by atoms with Gasteiger partial charge in [0.05, 0.1) is 23.1 Å². The van der Waals surface area contributed by atoms with Crippen molar-refractivity contribution in [3.63, 3.8) is 0 Å². The molecule has 2 N–H and O–H groups in total. The number of hydrogen-bond acceptors (Lipinski definition) is 5. The Kier molecular flexibility index (Phi) is 5.70. The summed E-state index contributed by atoms with van der Waals surface area (Å²) in [4.78, 5) is 22.9. The van der Waals surface area contributed by atoms with Crippen LogP contribution in [0.3, 0.4) is 0 Å². The van der Waals surface area contributed by atoms with Gasteiger partial charge in [-0.3, -0.25) is 10.1 Å². The zero-order valence-electron chi connectivity index (χ0n) is 15.4.